The van der Waals surface area contributed by atoms with Crippen LogP contribution in [-0.4, -0.2) is 30.8 Å². The topological polar surface area (TPSA) is 72.5 Å². The van der Waals surface area contributed by atoms with Crippen LogP contribution in [0.4, 0.5) is 0 Å². The van der Waals surface area contributed by atoms with Crippen molar-refractivity contribution >= 4 is 17.7 Å². The number of Topliss-reactive ketones (excluding diaryl/α,β-unsaturated/α-hetero) is 1. The maximum atomic E-state index is 11.6. The van der Waals surface area contributed by atoms with E-state index in [1.165, 1.54) is 14.0 Å². The molecule has 5 nitrogen and oxygen atoms in total. The molecule has 0 saturated carbocycles. The molecule has 5 heteroatoms. The van der Waals surface area contributed by atoms with Gasteiger partial charge in [0.25, 0.3) is 0 Å². The van der Waals surface area contributed by atoms with Crippen LogP contribution in [0.5, 0.6) is 0 Å². The van der Waals surface area contributed by atoms with Gasteiger partial charge in [0.2, 0.25) is 5.91 Å². The molecule has 0 aromatic heterocycles. The predicted molar refractivity (Wildman–Crippen MR) is 63.3 cm³/mol. The molecule has 0 saturated heterocycles. The Hall–Kier alpha value is -1.39. The lowest BCUT2D eigenvalue weighted by atomic mass is 9.85. The van der Waals surface area contributed by atoms with E-state index >= 15 is 0 Å². The Balaban J connectivity index is 4.27. The number of hydrogen-bond donors (Lipinski definition) is 1. The van der Waals surface area contributed by atoms with Crippen LogP contribution in [0.1, 0.15) is 40.5 Å². The summed E-state index contributed by atoms with van der Waals surface area (Å²) in [7, 11) is 1.32. The van der Waals surface area contributed by atoms with Gasteiger partial charge in [-0.2, -0.15) is 0 Å². The van der Waals surface area contributed by atoms with Gasteiger partial charge >= 0.3 is 5.97 Å². The Labute approximate surface area is 102 Å². The zero-order chi connectivity index (χ0) is 13.6. The lowest BCUT2D eigenvalue weighted by Gasteiger charge is -2.23. The van der Waals surface area contributed by atoms with E-state index in [0.717, 1.165) is 0 Å². The monoisotopic (exact) mass is 243 g/mol. The van der Waals surface area contributed by atoms with E-state index in [1.54, 1.807) is 6.92 Å². The van der Waals surface area contributed by atoms with Gasteiger partial charge in [0.1, 0.15) is 0 Å². The van der Waals surface area contributed by atoms with Crippen LogP contribution in [0.15, 0.2) is 0 Å². The minimum Gasteiger partial charge on any atom is -0.469 e. The predicted octanol–water partition coefficient (Wildman–Crippen LogP) is 1.06. The molecule has 0 aromatic rings. The number of nitrogens with one attached hydrogen (secondary N) is 1. The summed E-state index contributed by atoms with van der Waals surface area (Å²) < 4.78 is 4.56. The van der Waals surface area contributed by atoms with Crippen LogP contribution >= 0.6 is 0 Å². The maximum Gasteiger partial charge on any atom is 0.306 e. The van der Waals surface area contributed by atoms with Gasteiger partial charge in [-0.3, -0.25) is 14.4 Å². The molecule has 1 unspecified atom stereocenters. The molecular weight excluding hydrogens is 222 g/mol. The summed E-state index contributed by atoms with van der Waals surface area (Å²) in [5, 5.41) is 2.59. The first-order valence-corrected chi connectivity index (χ1v) is 5.54. The van der Waals surface area contributed by atoms with Crippen molar-refractivity contribution in [2.75, 3.05) is 7.11 Å². The standard InChI is InChI=1S/C12H21NO4/c1-8(9(2)14)13-10(15)6-12(3,4)7-11(16)17-5/h8H,6-7H2,1-5H3,(H,13,15). The summed E-state index contributed by atoms with van der Waals surface area (Å²) in [6, 6.07) is -0.489. The largest absolute Gasteiger partial charge is 0.469 e. The van der Waals surface area contributed by atoms with Gasteiger partial charge in [-0.05, 0) is 19.3 Å². The molecule has 1 amide bonds. The number of ether oxygens (including phenoxy) is 1. The third-order valence-electron chi connectivity index (χ3n) is 2.48. The SMILES string of the molecule is COC(=O)CC(C)(C)CC(=O)NC(C)C(C)=O. The smallest absolute Gasteiger partial charge is 0.306 e. The fourth-order valence-corrected chi connectivity index (χ4v) is 1.35. The number of carbonyl (C=O) groups is 3. The van der Waals surface area contributed by atoms with Crippen molar-refractivity contribution < 1.29 is 19.1 Å². The van der Waals surface area contributed by atoms with E-state index in [-0.39, 0.29) is 30.5 Å². The number of amides is 1. The summed E-state index contributed by atoms with van der Waals surface area (Å²) in [4.78, 5) is 33.7. The summed E-state index contributed by atoms with van der Waals surface area (Å²) in [6.45, 7) is 6.67. The second-order valence-corrected chi connectivity index (χ2v) is 4.99. The molecule has 0 bridgehead atoms. The average Bonchev–Trinajstić information content (AvgIpc) is 2.15. The van der Waals surface area contributed by atoms with E-state index in [0.29, 0.717) is 0 Å². The van der Waals surface area contributed by atoms with Gasteiger partial charge in [0.15, 0.2) is 5.78 Å². The number of rotatable bonds is 6. The fourth-order valence-electron chi connectivity index (χ4n) is 1.35. The molecule has 0 rings (SSSR count). The third-order valence-corrected chi connectivity index (χ3v) is 2.48. The van der Waals surface area contributed by atoms with Crippen molar-refractivity contribution in [2.45, 2.75) is 46.6 Å². The average molecular weight is 243 g/mol. The summed E-state index contributed by atoms with van der Waals surface area (Å²) >= 11 is 0. The lowest BCUT2D eigenvalue weighted by Crippen LogP contribution is -2.39. The fraction of sp³-hybridized carbons (Fsp3) is 0.750. The number of ketones is 1. The Morgan fingerprint density at radius 1 is 1.24 bits per heavy atom. The van der Waals surface area contributed by atoms with Crippen molar-refractivity contribution in [3.05, 3.63) is 0 Å². The molecule has 17 heavy (non-hydrogen) atoms. The summed E-state index contributed by atoms with van der Waals surface area (Å²) in [6.07, 6.45) is 0.352. The van der Waals surface area contributed by atoms with Crippen molar-refractivity contribution in [2.24, 2.45) is 5.41 Å². The highest BCUT2D eigenvalue weighted by Crippen LogP contribution is 2.25. The molecule has 0 aliphatic heterocycles. The molecule has 0 radical (unpaired) electrons. The van der Waals surface area contributed by atoms with E-state index in [9.17, 15) is 14.4 Å². The molecule has 0 heterocycles. The minimum absolute atomic E-state index is 0.0934. The van der Waals surface area contributed by atoms with Crippen molar-refractivity contribution in [1.82, 2.24) is 5.32 Å². The zero-order valence-electron chi connectivity index (χ0n) is 11.1. The number of carbonyl (C=O) groups excluding carboxylic acids is 3. The normalized spacial score (nSPS) is 12.8. The van der Waals surface area contributed by atoms with E-state index in [2.05, 4.69) is 10.1 Å². The second kappa shape index (κ2) is 6.37. The van der Waals surface area contributed by atoms with Crippen LogP contribution in [0.3, 0.4) is 0 Å². The van der Waals surface area contributed by atoms with Crippen LogP contribution in [0.25, 0.3) is 0 Å². The Morgan fingerprint density at radius 2 is 1.76 bits per heavy atom. The first kappa shape index (κ1) is 15.6. The molecule has 0 spiro atoms. The van der Waals surface area contributed by atoms with Gasteiger partial charge in [-0.15, -0.1) is 0 Å². The zero-order valence-corrected chi connectivity index (χ0v) is 11.1. The third kappa shape index (κ3) is 6.71. The van der Waals surface area contributed by atoms with E-state index < -0.39 is 11.5 Å². The maximum absolute atomic E-state index is 11.6. The van der Waals surface area contributed by atoms with E-state index in [4.69, 9.17) is 0 Å². The molecule has 0 aliphatic carbocycles. The Bertz CT molecular complexity index is 310. The van der Waals surface area contributed by atoms with Gasteiger partial charge in [0.05, 0.1) is 19.6 Å². The Morgan fingerprint density at radius 3 is 2.18 bits per heavy atom. The number of hydrogen-bond acceptors (Lipinski definition) is 4. The lowest BCUT2D eigenvalue weighted by molar-refractivity contribution is -0.143. The van der Waals surface area contributed by atoms with Crippen LogP contribution in [-0.2, 0) is 19.1 Å². The second-order valence-electron chi connectivity index (χ2n) is 4.99. The molecule has 1 N–H and O–H groups in total. The number of esters is 1. The number of methoxy groups -OCH3 is 1. The first-order chi connectivity index (χ1) is 7.68. The summed E-state index contributed by atoms with van der Waals surface area (Å²) in [5.41, 5.74) is -0.478. The molecule has 1 atom stereocenters. The van der Waals surface area contributed by atoms with Gasteiger partial charge in [-0.25, -0.2) is 0 Å². The minimum atomic E-state index is -0.489. The van der Waals surface area contributed by atoms with Crippen LogP contribution in [0.2, 0.25) is 0 Å². The van der Waals surface area contributed by atoms with Crippen molar-refractivity contribution in [3.8, 4) is 0 Å². The van der Waals surface area contributed by atoms with Crippen molar-refractivity contribution in [3.63, 3.8) is 0 Å². The van der Waals surface area contributed by atoms with Gasteiger partial charge in [0, 0.05) is 6.42 Å². The quantitative estimate of drug-likeness (QED) is 0.708. The highest BCUT2D eigenvalue weighted by atomic mass is 16.5. The first-order valence-electron chi connectivity index (χ1n) is 5.54. The molecular formula is C12H21NO4. The summed E-state index contributed by atoms with van der Waals surface area (Å²) in [5.74, 6) is -0.673. The Kier molecular flexibility index (Phi) is 5.85. The highest BCUT2D eigenvalue weighted by molar-refractivity contribution is 5.87. The molecule has 0 aliphatic rings. The van der Waals surface area contributed by atoms with E-state index in [1.807, 2.05) is 13.8 Å². The molecule has 0 aromatic carbocycles. The van der Waals surface area contributed by atoms with Crippen LogP contribution < -0.4 is 5.32 Å². The highest BCUT2D eigenvalue weighted by Gasteiger charge is 2.26. The van der Waals surface area contributed by atoms with Gasteiger partial charge in [-0.1, -0.05) is 13.8 Å². The van der Waals surface area contributed by atoms with Gasteiger partial charge < -0.3 is 10.1 Å². The molecule has 98 valence electrons. The van der Waals surface area contributed by atoms with Crippen LogP contribution in [0, 0.1) is 5.41 Å². The molecule has 0 fully saturated rings. The van der Waals surface area contributed by atoms with Crippen molar-refractivity contribution in [1.29, 1.82) is 0 Å².